The molecule has 1 N–H and O–H groups in total. The van der Waals surface area contributed by atoms with E-state index >= 15 is 0 Å². The lowest BCUT2D eigenvalue weighted by Gasteiger charge is -2.38. The summed E-state index contributed by atoms with van der Waals surface area (Å²) in [7, 11) is -4.94. The predicted octanol–water partition coefficient (Wildman–Crippen LogP) is 6.76. The van der Waals surface area contributed by atoms with Crippen molar-refractivity contribution < 1.29 is 12.8 Å². The lowest BCUT2D eigenvalue weighted by molar-refractivity contribution is 0.186. The number of benzene rings is 1. The standard InChI is InChI=1S/C27H43N3O3SSi/c1-26(2,3)30-25(28-21-12-14-24-20(16-21)10-9-15-34(24,31)32)18-23(29-30)19-11-13-22(17-19)33-35(7,8)27(4,5)6/h12,14,16,18-19,22,28H,9-11,13,15,17H2,1-8H3/t19-,22+/m0/s1. The summed E-state index contributed by atoms with van der Waals surface area (Å²) in [6.07, 6.45) is 4.98. The normalized spacial score (nSPS) is 22.7. The molecule has 0 bridgehead atoms. The maximum Gasteiger partial charge on any atom is 0.192 e. The lowest BCUT2D eigenvalue weighted by Crippen LogP contribution is -2.43. The van der Waals surface area contributed by atoms with Gasteiger partial charge in [-0.1, -0.05) is 20.8 Å². The van der Waals surface area contributed by atoms with Gasteiger partial charge in [-0.15, -0.1) is 0 Å². The fourth-order valence-corrected chi connectivity index (χ4v) is 7.96. The Morgan fingerprint density at radius 2 is 1.80 bits per heavy atom. The van der Waals surface area contributed by atoms with Crippen molar-refractivity contribution in [1.29, 1.82) is 0 Å². The first kappa shape index (κ1) is 26.4. The second-order valence-electron chi connectivity index (χ2n) is 12.9. The van der Waals surface area contributed by atoms with Gasteiger partial charge in [-0.2, -0.15) is 5.10 Å². The number of aryl methyl sites for hydroxylation is 1. The van der Waals surface area contributed by atoms with Crippen molar-refractivity contribution in [3.8, 4) is 0 Å². The van der Waals surface area contributed by atoms with Crippen LogP contribution in [0.25, 0.3) is 0 Å². The van der Waals surface area contributed by atoms with E-state index in [9.17, 15) is 8.42 Å². The van der Waals surface area contributed by atoms with Gasteiger partial charge in [-0.05, 0) is 94.8 Å². The predicted molar refractivity (Wildman–Crippen MR) is 146 cm³/mol. The quantitative estimate of drug-likeness (QED) is 0.444. The molecule has 0 saturated heterocycles. The van der Waals surface area contributed by atoms with Crippen molar-refractivity contribution in [3.63, 3.8) is 0 Å². The number of sulfone groups is 1. The number of hydrogen-bond acceptors (Lipinski definition) is 5. The van der Waals surface area contributed by atoms with Crippen LogP contribution in [-0.2, 0) is 26.2 Å². The molecule has 1 aliphatic heterocycles. The molecule has 2 atom stereocenters. The molecule has 0 spiro atoms. The zero-order chi connectivity index (χ0) is 25.8. The molecule has 194 valence electrons. The summed E-state index contributed by atoms with van der Waals surface area (Å²) in [4.78, 5) is 0.484. The summed E-state index contributed by atoms with van der Waals surface area (Å²) < 4.78 is 33.6. The van der Waals surface area contributed by atoms with Crippen LogP contribution in [0.1, 0.15) is 84.4 Å². The van der Waals surface area contributed by atoms with Crippen LogP contribution in [0.4, 0.5) is 11.5 Å². The number of anilines is 2. The smallest absolute Gasteiger partial charge is 0.192 e. The van der Waals surface area contributed by atoms with Crippen molar-refractivity contribution in [2.24, 2.45) is 0 Å². The Balaban J connectivity index is 1.56. The van der Waals surface area contributed by atoms with Crippen LogP contribution in [0.5, 0.6) is 0 Å². The van der Waals surface area contributed by atoms with Gasteiger partial charge >= 0.3 is 0 Å². The van der Waals surface area contributed by atoms with Gasteiger partial charge in [-0.25, -0.2) is 13.1 Å². The van der Waals surface area contributed by atoms with E-state index in [0.717, 1.165) is 48.4 Å². The average Bonchev–Trinajstić information content (AvgIpc) is 3.33. The highest BCUT2D eigenvalue weighted by Crippen LogP contribution is 2.43. The number of rotatable bonds is 5. The van der Waals surface area contributed by atoms with Crippen molar-refractivity contribution >= 4 is 29.7 Å². The number of nitrogens with one attached hydrogen (secondary N) is 1. The molecular formula is C27H43N3O3SSi. The molecule has 0 amide bonds. The van der Waals surface area contributed by atoms with Crippen LogP contribution in [0.3, 0.4) is 0 Å². The summed E-state index contributed by atoms with van der Waals surface area (Å²) >= 11 is 0. The van der Waals surface area contributed by atoms with E-state index in [0.29, 0.717) is 23.3 Å². The Labute approximate surface area is 212 Å². The Morgan fingerprint density at radius 1 is 1.09 bits per heavy atom. The first-order chi connectivity index (χ1) is 16.1. The fourth-order valence-electron chi connectivity index (χ4n) is 4.97. The SMILES string of the molecule is CC(C)(C)n1nc([C@H]2CC[C@@H](O[Si](C)(C)C(C)(C)C)C2)cc1Nc1ccc2c(c1)CCCS2(=O)=O. The molecule has 2 aromatic rings. The van der Waals surface area contributed by atoms with Gasteiger partial charge in [0, 0.05) is 23.8 Å². The minimum atomic E-state index is -3.15. The van der Waals surface area contributed by atoms with Gasteiger partial charge in [0.15, 0.2) is 18.2 Å². The summed E-state index contributed by atoms with van der Waals surface area (Å²) in [6.45, 7) is 18.0. The van der Waals surface area contributed by atoms with Crippen molar-refractivity contribution in [2.75, 3.05) is 11.1 Å². The van der Waals surface area contributed by atoms with Crippen LogP contribution in [0, 0.1) is 0 Å². The first-order valence-corrected chi connectivity index (χ1v) is 17.5. The maximum atomic E-state index is 12.4. The molecule has 0 radical (unpaired) electrons. The van der Waals surface area contributed by atoms with Crippen molar-refractivity contribution in [1.82, 2.24) is 9.78 Å². The Hall–Kier alpha value is -1.64. The third-order valence-corrected chi connectivity index (χ3v) is 14.4. The van der Waals surface area contributed by atoms with E-state index in [-0.39, 0.29) is 16.3 Å². The molecule has 0 unspecified atom stereocenters. The molecule has 2 aliphatic rings. The molecule has 1 aromatic heterocycles. The van der Waals surface area contributed by atoms with Gasteiger partial charge in [0.05, 0.1) is 21.9 Å². The number of fused-ring (bicyclic) bond motifs is 1. The number of nitrogens with zero attached hydrogens (tertiary/aromatic N) is 2. The van der Waals surface area contributed by atoms with Gasteiger partial charge in [-0.3, -0.25) is 0 Å². The lowest BCUT2D eigenvalue weighted by atomic mass is 10.0. The van der Waals surface area contributed by atoms with E-state index in [1.54, 1.807) is 6.07 Å². The van der Waals surface area contributed by atoms with Crippen LogP contribution < -0.4 is 5.32 Å². The summed E-state index contributed by atoms with van der Waals surface area (Å²) in [5.74, 6) is 1.58. The molecule has 2 heterocycles. The Morgan fingerprint density at radius 3 is 2.46 bits per heavy atom. The largest absolute Gasteiger partial charge is 0.414 e. The Kier molecular flexibility index (Phi) is 6.82. The molecule has 4 rings (SSSR count). The topological polar surface area (TPSA) is 73.2 Å². The third-order valence-electron chi connectivity index (χ3n) is 7.96. The highest BCUT2D eigenvalue weighted by Gasteiger charge is 2.41. The van der Waals surface area contributed by atoms with Crippen LogP contribution in [0.15, 0.2) is 29.2 Å². The Bertz CT molecular complexity index is 1190. The second-order valence-corrected chi connectivity index (χ2v) is 19.8. The molecule has 1 saturated carbocycles. The summed E-state index contributed by atoms with van der Waals surface area (Å²) in [6, 6.07) is 7.80. The maximum absolute atomic E-state index is 12.4. The van der Waals surface area contributed by atoms with E-state index in [4.69, 9.17) is 9.52 Å². The summed E-state index contributed by atoms with van der Waals surface area (Å²) in [5.41, 5.74) is 2.74. The van der Waals surface area contributed by atoms with Gasteiger partial charge in [0.2, 0.25) is 0 Å². The molecule has 1 aromatic carbocycles. The monoisotopic (exact) mass is 517 g/mol. The number of aromatic nitrogens is 2. The van der Waals surface area contributed by atoms with Crippen molar-refractivity contribution in [3.05, 3.63) is 35.5 Å². The van der Waals surface area contributed by atoms with Crippen LogP contribution >= 0.6 is 0 Å². The second kappa shape index (κ2) is 9.03. The van der Waals surface area contributed by atoms with E-state index in [1.165, 1.54) is 0 Å². The van der Waals surface area contributed by atoms with Gasteiger partial charge < -0.3 is 9.74 Å². The fraction of sp³-hybridized carbons (Fsp3) is 0.667. The molecule has 35 heavy (non-hydrogen) atoms. The highest BCUT2D eigenvalue weighted by atomic mass is 32.2. The van der Waals surface area contributed by atoms with Gasteiger partial charge in [0.25, 0.3) is 0 Å². The third kappa shape index (κ3) is 5.54. The van der Waals surface area contributed by atoms with Crippen molar-refractivity contribution in [2.45, 2.75) is 114 Å². The summed E-state index contributed by atoms with van der Waals surface area (Å²) in [5, 5.41) is 8.83. The molecule has 1 fully saturated rings. The van der Waals surface area contributed by atoms with Gasteiger partial charge in [0.1, 0.15) is 5.82 Å². The number of hydrogen-bond donors (Lipinski definition) is 1. The van der Waals surface area contributed by atoms with E-state index in [1.807, 2.05) is 12.1 Å². The molecular weight excluding hydrogens is 474 g/mol. The molecule has 1 aliphatic carbocycles. The van der Waals surface area contributed by atoms with Crippen LogP contribution in [-0.4, -0.2) is 38.4 Å². The first-order valence-electron chi connectivity index (χ1n) is 13.0. The van der Waals surface area contributed by atoms with E-state index in [2.05, 4.69) is 70.7 Å². The minimum Gasteiger partial charge on any atom is -0.414 e. The zero-order valence-corrected chi connectivity index (χ0v) is 24.6. The van der Waals surface area contributed by atoms with Crippen LogP contribution in [0.2, 0.25) is 18.1 Å². The highest BCUT2D eigenvalue weighted by molar-refractivity contribution is 7.91. The minimum absolute atomic E-state index is 0.187. The molecule has 8 heteroatoms. The average molecular weight is 518 g/mol. The molecule has 6 nitrogen and oxygen atoms in total. The zero-order valence-electron chi connectivity index (χ0n) is 22.7. The van der Waals surface area contributed by atoms with E-state index < -0.39 is 18.2 Å².